The van der Waals surface area contributed by atoms with Crippen LogP contribution >= 0.6 is 15.9 Å². The Bertz CT molecular complexity index is 140. The number of esters is 1. The van der Waals surface area contributed by atoms with E-state index >= 15 is 0 Å². The van der Waals surface area contributed by atoms with Gasteiger partial charge in [-0.2, -0.15) is 0 Å². The molecular formula is C8H15BrO3. The Morgan fingerprint density at radius 1 is 1.42 bits per heavy atom. The topological polar surface area (TPSA) is 35.5 Å². The van der Waals surface area contributed by atoms with Crippen molar-refractivity contribution < 1.29 is 14.3 Å². The molecule has 0 aromatic heterocycles. The van der Waals surface area contributed by atoms with Gasteiger partial charge in [-0.3, -0.25) is 0 Å². The van der Waals surface area contributed by atoms with E-state index in [-0.39, 0.29) is 12.6 Å². The molecule has 0 fully saturated rings. The summed E-state index contributed by atoms with van der Waals surface area (Å²) in [4.78, 5) is 11.0. The van der Waals surface area contributed by atoms with Crippen molar-refractivity contribution in [1.82, 2.24) is 0 Å². The van der Waals surface area contributed by atoms with E-state index in [1.807, 2.05) is 20.8 Å². The van der Waals surface area contributed by atoms with Gasteiger partial charge in [-0.15, -0.1) is 0 Å². The predicted molar refractivity (Wildman–Crippen MR) is 50.5 cm³/mol. The molecule has 0 aromatic carbocycles. The van der Waals surface area contributed by atoms with Crippen molar-refractivity contribution in [3.8, 4) is 0 Å². The lowest BCUT2D eigenvalue weighted by Gasteiger charge is -2.19. The maximum atomic E-state index is 11.0. The minimum Gasteiger partial charge on any atom is -0.458 e. The number of halogens is 1. The van der Waals surface area contributed by atoms with Crippen molar-refractivity contribution in [2.45, 2.75) is 26.4 Å². The summed E-state index contributed by atoms with van der Waals surface area (Å²) in [6.45, 7) is 6.04. The second kappa shape index (κ2) is 5.54. The second-order valence-corrected chi connectivity index (χ2v) is 4.12. The number of carbonyl (C=O) groups is 1. The number of ether oxygens (including phenoxy) is 2. The molecule has 0 bridgehead atoms. The lowest BCUT2D eigenvalue weighted by molar-refractivity contribution is -0.159. The molecule has 0 aliphatic carbocycles. The molecule has 0 heterocycles. The summed E-state index contributed by atoms with van der Waals surface area (Å²) in [5.41, 5.74) is -0.422. The van der Waals surface area contributed by atoms with Crippen LogP contribution in [-0.4, -0.2) is 30.1 Å². The third-order valence-electron chi connectivity index (χ3n) is 0.861. The van der Waals surface area contributed by atoms with E-state index in [1.165, 1.54) is 0 Å². The van der Waals surface area contributed by atoms with E-state index in [4.69, 9.17) is 9.47 Å². The van der Waals surface area contributed by atoms with Crippen molar-refractivity contribution in [2.75, 3.05) is 18.5 Å². The van der Waals surface area contributed by atoms with Crippen LogP contribution in [0.1, 0.15) is 20.8 Å². The Morgan fingerprint density at radius 3 is 2.42 bits per heavy atom. The third-order valence-corrected chi connectivity index (χ3v) is 1.19. The Balaban J connectivity index is 3.47. The smallest absolute Gasteiger partial charge is 0.332 e. The maximum Gasteiger partial charge on any atom is 0.332 e. The fourth-order valence-electron chi connectivity index (χ4n) is 0.581. The Hall–Kier alpha value is -0.0900. The van der Waals surface area contributed by atoms with Crippen LogP contribution in [0.4, 0.5) is 0 Å². The fraction of sp³-hybridized carbons (Fsp3) is 0.875. The van der Waals surface area contributed by atoms with Crippen LogP contribution in [0.25, 0.3) is 0 Å². The van der Waals surface area contributed by atoms with Gasteiger partial charge >= 0.3 is 5.97 Å². The molecule has 0 N–H and O–H groups in total. The molecule has 0 amide bonds. The highest BCUT2D eigenvalue weighted by Crippen LogP contribution is 2.06. The number of hydrogen-bond donors (Lipinski definition) is 0. The maximum absolute atomic E-state index is 11.0. The van der Waals surface area contributed by atoms with E-state index in [9.17, 15) is 4.79 Å². The van der Waals surface area contributed by atoms with E-state index in [2.05, 4.69) is 15.9 Å². The monoisotopic (exact) mass is 238 g/mol. The molecule has 72 valence electrons. The Morgan fingerprint density at radius 2 is 2.00 bits per heavy atom. The first-order valence-electron chi connectivity index (χ1n) is 3.81. The summed E-state index contributed by atoms with van der Waals surface area (Å²) in [7, 11) is 0. The quantitative estimate of drug-likeness (QED) is 0.426. The lowest BCUT2D eigenvalue weighted by Crippen LogP contribution is -2.26. The van der Waals surface area contributed by atoms with Gasteiger partial charge in [0.05, 0.1) is 6.61 Å². The van der Waals surface area contributed by atoms with Gasteiger partial charge < -0.3 is 9.47 Å². The first-order chi connectivity index (χ1) is 5.45. The van der Waals surface area contributed by atoms with Crippen molar-refractivity contribution in [3.63, 3.8) is 0 Å². The molecule has 12 heavy (non-hydrogen) atoms. The number of alkyl halides is 1. The van der Waals surface area contributed by atoms with E-state index in [0.29, 0.717) is 6.61 Å². The molecule has 0 radical (unpaired) electrons. The molecule has 3 nitrogen and oxygen atoms in total. The van der Waals surface area contributed by atoms with Crippen LogP contribution < -0.4 is 0 Å². The van der Waals surface area contributed by atoms with Gasteiger partial charge in [0.2, 0.25) is 0 Å². The largest absolute Gasteiger partial charge is 0.458 e. The summed E-state index contributed by atoms with van der Waals surface area (Å²) in [5, 5.41) is 0.732. The molecule has 0 aliphatic heterocycles. The Labute approximate surface area is 81.6 Å². The standard InChI is InChI=1S/C8H15BrO3/c1-8(2,3)12-7(10)6-11-5-4-9/h4-6H2,1-3H3. The van der Waals surface area contributed by atoms with Crippen LogP contribution in [0.15, 0.2) is 0 Å². The van der Waals surface area contributed by atoms with Crippen molar-refractivity contribution >= 4 is 21.9 Å². The second-order valence-electron chi connectivity index (χ2n) is 3.33. The molecule has 0 aromatic rings. The molecule has 0 saturated carbocycles. The average Bonchev–Trinajstić information content (AvgIpc) is 1.84. The molecule has 0 atom stereocenters. The minimum atomic E-state index is -0.422. The van der Waals surface area contributed by atoms with Crippen molar-refractivity contribution in [2.24, 2.45) is 0 Å². The van der Waals surface area contributed by atoms with E-state index in [1.54, 1.807) is 0 Å². The SMILES string of the molecule is CC(C)(C)OC(=O)COCCBr. The first-order valence-corrected chi connectivity index (χ1v) is 4.93. The van der Waals surface area contributed by atoms with Gasteiger partial charge in [-0.05, 0) is 20.8 Å². The zero-order chi connectivity index (χ0) is 9.61. The summed E-state index contributed by atoms with van der Waals surface area (Å²) < 4.78 is 9.97. The highest BCUT2D eigenvalue weighted by atomic mass is 79.9. The number of hydrogen-bond acceptors (Lipinski definition) is 3. The lowest BCUT2D eigenvalue weighted by atomic mass is 10.2. The summed E-state index contributed by atoms with van der Waals surface area (Å²) >= 11 is 3.18. The number of carbonyl (C=O) groups excluding carboxylic acids is 1. The number of rotatable bonds is 4. The van der Waals surface area contributed by atoms with E-state index < -0.39 is 5.60 Å². The van der Waals surface area contributed by atoms with Gasteiger partial charge in [0.15, 0.2) is 0 Å². The van der Waals surface area contributed by atoms with Gasteiger partial charge in [-0.1, -0.05) is 15.9 Å². The van der Waals surface area contributed by atoms with Gasteiger partial charge in [0.1, 0.15) is 12.2 Å². The molecule has 0 aliphatic rings. The van der Waals surface area contributed by atoms with Crippen LogP contribution in [0, 0.1) is 0 Å². The normalized spacial score (nSPS) is 11.3. The van der Waals surface area contributed by atoms with Crippen LogP contribution in [0.3, 0.4) is 0 Å². The Kier molecular flexibility index (Phi) is 5.50. The highest BCUT2D eigenvalue weighted by molar-refractivity contribution is 9.09. The highest BCUT2D eigenvalue weighted by Gasteiger charge is 2.15. The van der Waals surface area contributed by atoms with Gasteiger partial charge in [0, 0.05) is 5.33 Å². The van der Waals surface area contributed by atoms with Gasteiger partial charge in [-0.25, -0.2) is 4.79 Å². The molecule has 0 saturated heterocycles. The zero-order valence-corrected chi connectivity index (χ0v) is 9.31. The predicted octanol–water partition coefficient (Wildman–Crippen LogP) is 1.74. The zero-order valence-electron chi connectivity index (χ0n) is 7.72. The van der Waals surface area contributed by atoms with E-state index in [0.717, 1.165) is 5.33 Å². The van der Waals surface area contributed by atoms with Gasteiger partial charge in [0.25, 0.3) is 0 Å². The molecular weight excluding hydrogens is 224 g/mol. The van der Waals surface area contributed by atoms with Crippen LogP contribution in [0.2, 0.25) is 0 Å². The molecule has 0 rings (SSSR count). The summed E-state index contributed by atoms with van der Waals surface area (Å²) in [5.74, 6) is -0.316. The first kappa shape index (κ1) is 11.9. The summed E-state index contributed by atoms with van der Waals surface area (Å²) in [6, 6.07) is 0. The average molecular weight is 239 g/mol. The molecule has 4 heteroatoms. The minimum absolute atomic E-state index is 0.0306. The fourth-order valence-corrected chi connectivity index (χ4v) is 0.810. The van der Waals surface area contributed by atoms with Crippen LogP contribution in [0.5, 0.6) is 0 Å². The molecule has 0 spiro atoms. The van der Waals surface area contributed by atoms with Crippen LogP contribution in [-0.2, 0) is 14.3 Å². The van der Waals surface area contributed by atoms with Crippen molar-refractivity contribution in [3.05, 3.63) is 0 Å². The third kappa shape index (κ3) is 8.01. The summed E-state index contributed by atoms with van der Waals surface area (Å²) in [6.07, 6.45) is 0. The molecule has 0 unspecified atom stereocenters. The van der Waals surface area contributed by atoms with Crippen molar-refractivity contribution in [1.29, 1.82) is 0 Å².